The Hall–Kier alpha value is -2.52. The van der Waals surface area contributed by atoms with Crippen molar-refractivity contribution < 1.29 is 17.9 Å². The first-order valence-electron chi connectivity index (χ1n) is 9.39. The zero-order chi connectivity index (χ0) is 20.4. The lowest BCUT2D eigenvalue weighted by atomic mass is 10.2. The van der Waals surface area contributed by atoms with Crippen LogP contribution in [0.2, 0.25) is 0 Å². The number of likely N-dealkylation sites (N-methyl/N-ethyl adjacent to an activating group) is 1. The lowest BCUT2D eigenvalue weighted by Gasteiger charge is -2.26. The van der Waals surface area contributed by atoms with Gasteiger partial charge in [-0.25, -0.2) is 18.4 Å². The first kappa shape index (κ1) is 19.8. The van der Waals surface area contributed by atoms with Gasteiger partial charge in [0.2, 0.25) is 5.88 Å². The molecule has 1 fully saturated rings. The molecule has 0 radical (unpaired) electrons. The van der Waals surface area contributed by atoms with E-state index in [1.54, 1.807) is 4.90 Å². The van der Waals surface area contributed by atoms with Crippen LogP contribution in [0.4, 0.5) is 0 Å². The molecule has 9 heteroatoms. The minimum atomic E-state index is -3.06. The first-order valence-corrected chi connectivity index (χ1v) is 12.0. The van der Waals surface area contributed by atoms with Crippen molar-refractivity contribution in [1.82, 2.24) is 14.9 Å². The molecule has 1 aromatic carbocycles. The summed E-state index contributed by atoms with van der Waals surface area (Å²) in [6.45, 7) is 2.10. The SMILES string of the molecule is CCN(C(=O)COc1ncnc2sc(-c3ccccc3)cc12)[C@H]1CCS(=O)(=O)C1. The van der Waals surface area contributed by atoms with E-state index >= 15 is 0 Å². The number of thiophene rings is 1. The molecule has 1 amide bonds. The highest BCUT2D eigenvalue weighted by atomic mass is 32.2. The summed E-state index contributed by atoms with van der Waals surface area (Å²) in [5, 5.41) is 0.760. The fourth-order valence-corrected chi connectivity index (χ4v) is 6.29. The van der Waals surface area contributed by atoms with Gasteiger partial charge in [0.25, 0.3) is 5.91 Å². The maximum Gasteiger partial charge on any atom is 0.260 e. The van der Waals surface area contributed by atoms with Gasteiger partial charge in [0.1, 0.15) is 11.2 Å². The molecular formula is C20H21N3O4S2. The molecule has 3 heterocycles. The van der Waals surface area contributed by atoms with Crippen LogP contribution in [0, 0.1) is 0 Å². The number of aromatic nitrogens is 2. The lowest BCUT2D eigenvalue weighted by Crippen LogP contribution is -2.43. The van der Waals surface area contributed by atoms with Crippen molar-refractivity contribution in [2.45, 2.75) is 19.4 Å². The molecule has 152 valence electrons. The third-order valence-electron chi connectivity index (χ3n) is 4.99. The van der Waals surface area contributed by atoms with E-state index in [2.05, 4.69) is 9.97 Å². The second-order valence-corrected chi connectivity index (χ2v) is 10.2. The van der Waals surface area contributed by atoms with E-state index in [9.17, 15) is 13.2 Å². The van der Waals surface area contributed by atoms with Gasteiger partial charge in [-0.1, -0.05) is 30.3 Å². The summed E-state index contributed by atoms with van der Waals surface area (Å²) in [4.78, 5) is 24.6. The number of carbonyl (C=O) groups excluding carboxylic acids is 1. The smallest absolute Gasteiger partial charge is 0.260 e. The Labute approximate surface area is 173 Å². The van der Waals surface area contributed by atoms with Crippen LogP contribution in [0.25, 0.3) is 20.7 Å². The third kappa shape index (κ3) is 4.25. The maximum absolute atomic E-state index is 12.7. The number of carbonyl (C=O) groups is 1. The number of nitrogens with zero attached hydrogens (tertiary/aromatic N) is 3. The Bertz CT molecular complexity index is 1130. The summed E-state index contributed by atoms with van der Waals surface area (Å²) in [6.07, 6.45) is 1.90. The van der Waals surface area contributed by atoms with Crippen LogP contribution in [0.15, 0.2) is 42.7 Å². The van der Waals surface area contributed by atoms with E-state index in [0.717, 1.165) is 20.7 Å². The van der Waals surface area contributed by atoms with Crippen molar-refractivity contribution in [3.8, 4) is 16.3 Å². The molecule has 3 aromatic rings. The van der Waals surface area contributed by atoms with Crippen LogP contribution in [0.1, 0.15) is 13.3 Å². The van der Waals surface area contributed by atoms with E-state index in [1.807, 2.05) is 43.3 Å². The Morgan fingerprint density at radius 3 is 2.76 bits per heavy atom. The molecule has 1 atom stereocenters. The van der Waals surface area contributed by atoms with E-state index in [4.69, 9.17) is 4.74 Å². The van der Waals surface area contributed by atoms with Gasteiger partial charge < -0.3 is 9.64 Å². The largest absolute Gasteiger partial charge is 0.467 e. The Balaban J connectivity index is 1.50. The van der Waals surface area contributed by atoms with Crippen molar-refractivity contribution >= 4 is 37.3 Å². The number of ether oxygens (including phenoxy) is 1. The van der Waals surface area contributed by atoms with Gasteiger partial charge in [-0.2, -0.15) is 0 Å². The zero-order valence-corrected chi connectivity index (χ0v) is 17.6. The summed E-state index contributed by atoms with van der Waals surface area (Å²) in [5.74, 6) is 0.276. The molecule has 4 rings (SSSR count). The third-order valence-corrected chi connectivity index (χ3v) is 7.84. The average molecular weight is 432 g/mol. The number of sulfone groups is 1. The molecular weight excluding hydrogens is 410 g/mol. The van der Waals surface area contributed by atoms with Crippen molar-refractivity contribution in [2.75, 3.05) is 24.7 Å². The predicted molar refractivity (Wildman–Crippen MR) is 113 cm³/mol. The predicted octanol–water partition coefficient (Wildman–Crippen LogP) is 2.77. The molecule has 0 N–H and O–H groups in total. The molecule has 1 aliphatic rings. The molecule has 1 saturated heterocycles. The van der Waals surface area contributed by atoms with Crippen LogP contribution in [-0.2, 0) is 14.6 Å². The molecule has 0 bridgehead atoms. The van der Waals surface area contributed by atoms with Gasteiger partial charge in [-0.15, -0.1) is 11.3 Å². The maximum atomic E-state index is 12.7. The Kier molecular flexibility index (Phi) is 5.51. The Morgan fingerprint density at radius 1 is 1.28 bits per heavy atom. The highest BCUT2D eigenvalue weighted by Crippen LogP contribution is 2.35. The number of amides is 1. The monoisotopic (exact) mass is 431 g/mol. The molecule has 29 heavy (non-hydrogen) atoms. The van der Waals surface area contributed by atoms with Crippen molar-refractivity contribution in [3.63, 3.8) is 0 Å². The lowest BCUT2D eigenvalue weighted by molar-refractivity contribution is -0.135. The normalized spacial score (nSPS) is 18.0. The zero-order valence-electron chi connectivity index (χ0n) is 15.9. The number of hydrogen-bond donors (Lipinski definition) is 0. The van der Waals surface area contributed by atoms with E-state index in [0.29, 0.717) is 18.8 Å². The summed E-state index contributed by atoms with van der Waals surface area (Å²) >= 11 is 1.54. The number of benzene rings is 1. The fraction of sp³-hybridized carbons (Fsp3) is 0.350. The van der Waals surface area contributed by atoms with Crippen LogP contribution >= 0.6 is 11.3 Å². The number of hydrogen-bond acceptors (Lipinski definition) is 7. The van der Waals surface area contributed by atoms with E-state index in [1.165, 1.54) is 17.7 Å². The second-order valence-electron chi connectivity index (χ2n) is 6.90. The summed E-state index contributed by atoms with van der Waals surface area (Å²) in [6, 6.07) is 11.7. The molecule has 0 aliphatic carbocycles. The summed E-state index contributed by atoms with van der Waals surface area (Å²) in [7, 11) is -3.06. The van der Waals surface area contributed by atoms with Gasteiger partial charge in [-0.3, -0.25) is 4.79 Å². The molecule has 7 nitrogen and oxygen atoms in total. The second kappa shape index (κ2) is 8.08. The van der Waals surface area contributed by atoms with E-state index in [-0.39, 0.29) is 30.1 Å². The van der Waals surface area contributed by atoms with Crippen molar-refractivity contribution in [1.29, 1.82) is 0 Å². The molecule has 0 spiro atoms. The fourth-order valence-electron chi connectivity index (χ4n) is 3.57. The highest BCUT2D eigenvalue weighted by Gasteiger charge is 2.34. The first-order chi connectivity index (χ1) is 14.0. The average Bonchev–Trinajstić information content (AvgIpc) is 3.31. The van der Waals surface area contributed by atoms with Crippen LogP contribution in [0.5, 0.6) is 5.88 Å². The van der Waals surface area contributed by atoms with Gasteiger partial charge in [0.15, 0.2) is 16.4 Å². The summed E-state index contributed by atoms with van der Waals surface area (Å²) in [5.41, 5.74) is 1.08. The molecule has 0 unspecified atom stereocenters. The van der Waals surface area contributed by atoms with Crippen LogP contribution in [-0.4, -0.2) is 59.9 Å². The van der Waals surface area contributed by atoms with Crippen LogP contribution < -0.4 is 4.74 Å². The minimum Gasteiger partial charge on any atom is -0.467 e. The number of fused-ring (bicyclic) bond motifs is 1. The standard InChI is InChI=1S/C20H21N3O4S2/c1-2-23(15-8-9-29(25,26)12-15)18(24)11-27-19-16-10-17(14-6-4-3-5-7-14)28-20(16)22-13-21-19/h3-7,10,13,15H,2,8-9,11-12H2,1H3/t15-/m0/s1. The number of rotatable bonds is 6. The molecule has 1 aliphatic heterocycles. The van der Waals surface area contributed by atoms with Crippen LogP contribution in [0.3, 0.4) is 0 Å². The van der Waals surface area contributed by atoms with E-state index < -0.39 is 9.84 Å². The quantitative estimate of drug-likeness (QED) is 0.596. The van der Waals surface area contributed by atoms with Gasteiger partial charge in [0.05, 0.1) is 16.9 Å². The van der Waals surface area contributed by atoms with Crippen molar-refractivity contribution in [3.05, 3.63) is 42.7 Å². The highest BCUT2D eigenvalue weighted by molar-refractivity contribution is 7.91. The minimum absolute atomic E-state index is 0.0231. The Morgan fingerprint density at radius 2 is 2.07 bits per heavy atom. The topological polar surface area (TPSA) is 89.5 Å². The van der Waals surface area contributed by atoms with Crippen molar-refractivity contribution in [2.24, 2.45) is 0 Å². The van der Waals surface area contributed by atoms with Gasteiger partial charge in [-0.05, 0) is 25.0 Å². The molecule has 0 saturated carbocycles. The van der Waals surface area contributed by atoms with Gasteiger partial charge >= 0.3 is 0 Å². The van der Waals surface area contributed by atoms with Gasteiger partial charge in [0, 0.05) is 17.5 Å². The molecule has 2 aromatic heterocycles. The summed E-state index contributed by atoms with van der Waals surface area (Å²) < 4.78 is 29.2.